The quantitative estimate of drug-likeness (QED) is 0.860. The molecule has 0 radical (unpaired) electrons. The number of rotatable bonds is 3. The van der Waals surface area contributed by atoms with Gasteiger partial charge in [-0.25, -0.2) is 8.42 Å². The maximum atomic E-state index is 12.7. The molecular weight excluding hydrogens is 272 g/mol. The van der Waals surface area contributed by atoms with Crippen LogP contribution in [0.5, 0.6) is 0 Å². The minimum absolute atomic E-state index is 0.404. The number of sulfonamides is 1. The summed E-state index contributed by atoms with van der Waals surface area (Å²) in [5, 5.41) is 0. The van der Waals surface area contributed by atoms with Crippen molar-refractivity contribution in [1.82, 2.24) is 4.31 Å². The van der Waals surface area contributed by atoms with Crippen LogP contribution in [0.4, 0.5) is 5.69 Å². The van der Waals surface area contributed by atoms with E-state index >= 15 is 0 Å². The third-order valence-corrected chi connectivity index (χ3v) is 5.94. The van der Waals surface area contributed by atoms with E-state index in [4.69, 9.17) is 0 Å². The lowest BCUT2D eigenvalue weighted by molar-refractivity contribution is 0.288. The van der Waals surface area contributed by atoms with Crippen molar-refractivity contribution in [2.75, 3.05) is 32.1 Å². The van der Waals surface area contributed by atoms with Crippen molar-refractivity contribution in [2.24, 2.45) is 5.92 Å². The molecule has 5 heteroatoms. The lowest BCUT2D eigenvalue weighted by Gasteiger charge is -2.29. The van der Waals surface area contributed by atoms with E-state index in [0.29, 0.717) is 23.9 Å². The molecule has 1 aliphatic rings. The zero-order valence-corrected chi connectivity index (χ0v) is 13.6. The van der Waals surface area contributed by atoms with Gasteiger partial charge < -0.3 is 4.90 Å². The van der Waals surface area contributed by atoms with Crippen LogP contribution in [0.1, 0.15) is 25.3 Å². The Kier molecular flexibility index (Phi) is 4.39. The highest BCUT2D eigenvalue weighted by atomic mass is 32.2. The fraction of sp³-hybridized carbons (Fsp3) is 0.600. The van der Waals surface area contributed by atoms with Crippen LogP contribution in [0.3, 0.4) is 0 Å². The second-order valence-electron chi connectivity index (χ2n) is 5.93. The first kappa shape index (κ1) is 15.3. The van der Waals surface area contributed by atoms with Crippen LogP contribution in [0, 0.1) is 12.8 Å². The molecule has 20 heavy (non-hydrogen) atoms. The molecule has 4 nitrogen and oxygen atoms in total. The average Bonchev–Trinajstić information content (AvgIpc) is 2.39. The number of nitrogens with zero attached hydrogens (tertiary/aromatic N) is 2. The lowest BCUT2D eigenvalue weighted by atomic mass is 10.0. The molecule has 0 aromatic heterocycles. The van der Waals surface area contributed by atoms with Crippen LogP contribution >= 0.6 is 0 Å². The zero-order valence-electron chi connectivity index (χ0n) is 12.8. The van der Waals surface area contributed by atoms with Gasteiger partial charge in [0.15, 0.2) is 0 Å². The Morgan fingerprint density at radius 1 is 1.20 bits per heavy atom. The van der Waals surface area contributed by atoms with Crippen molar-refractivity contribution in [2.45, 2.75) is 31.6 Å². The third kappa shape index (κ3) is 2.99. The number of benzene rings is 1. The maximum absolute atomic E-state index is 12.7. The van der Waals surface area contributed by atoms with Gasteiger partial charge in [0, 0.05) is 32.9 Å². The topological polar surface area (TPSA) is 40.6 Å². The molecule has 2 rings (SSSR count). The molecule has 112 valence electrons. The third-order valence-electron chi connectivity index (χ3n) is 4.04. The van der Waals surface area contributed by atoms with Crippen molar-refractivity contribution in [1.29, 1.82) is 0 Å². The van der Waals surface area contributed by atoms with E-state index in [2.05, 4.69) is 6.92 Å². The van der Waals surface area contributed by atoms with E-state index in [0.717, 1.165) is 24.1 Å². The highest BCUT2D eigenvalue weighted by Gasteiger charge is 2.28. The van der Waals surface area contributed by atoms with Crippen molar-refractivity contribution in [3.05, 3.63) is 23.8 Å². The van der Waals surface area contributed by atoms with Gasteiger partial charge in [-0.05, 0) is 43.4 Å². The summed E-state index contributed by atoms with van der Waals surface area (Å²) in [5.74, 6) is 0.622. The molecule has 0 spiro atoms. The first-order chi connectivity index (χ1) is 9.32. The Morgan fingerprint density at radius 3 is 2.35 bits per heavy atom. The molecule has 1 saturated heterocycles. The second kappa shape index (κ2) is 5.74. The summed E-state index contributed by atoms with van der Waals surface area (Å²) in [7, 11) is 0.512. The Balaban J connectivity index is 2.32. The van der Waals surface area contributed by atoms with Crippen LogP contribution in [-0.2, 0) is 10.0 Å². The van der Waals surface area contributed by atoms with E-state index in [9.17, 15) is 8.42 Å². The molecule has 1 aliphatic heterocycles. The van der Waals surface area contributed by atoms with Crippen LogP contribution in [-0.4, -0.2) is 39.9 Å². The summed E-state index contributed by atoms with van der Waals surface area (Å²) < 4.78 is 27.0. The minimum Gasteiger partial charge on any atom is -0.377 e. The van der Waals surface area contributed by atoms with E-state index in [-0.39, 0.29) is 0 Å². The molecule has 0 saturated carbocycles. The van der Waals surface area contributed by atoms with Crippen LogP contribution < -0.4 is 4.90 Å². The molecule has 0 bridgehead atoms. The minimum atomic E-state index is -3.35. The fourth-order valence-electron chi connectivity index (χ4n) is 2.61. The molecule has 0 unspecified atom stereocenters. The highest BCUT2D eigenvalue weighted by molar-refractivity contribution is 7.89. The predicted octanol–water partition coefficient (Wildman–Crippen LogP) is 2.48. The van der Waals surface area contributed by atoms with Gasteiger partial charge in [-0.2, -0.15) is 4.31 Å². The van der Waals surface area contributed by atoms with Gasteiger partial charge in [-0.1, -0.05) is 13.0 Å². The van der Waals surface area contributed by atoms with Crippen LogP contribution in [0.2, 0.25) is 0 Å². The fourth-order valence-corrected chi connectivity index (χ4v) is 4.10. The van der Waals surface area contributed by atoms with Crippen LogP contribution in [0.15, 0.2) is 23.1 Å². The SMILES string of the molecule is Cc1ccc(S(=O)(=O)N2CCC(C)CC2)cc1N(C)C. The molecule has 0 aliphatic carbocycles. The van der Waals surface area contributed by atoms with Gasteiger partial charge in [0.1, 0.15) is 0 Å². The summed E-state index contributed by atoms with van der Waals surface area (Å²) in [6, 6.07) is 5.38. The van der Waals surface area contributed by atoms with Gasteiger partial charge >= 0.3 is 0 Å². The van der Waals surface area contributed by atoms with Crippen molar-refractivity contribution >= 4 is 15.7 Å². The standard InChI is InChI=1S/C15H24N2O2S/c1-12-7-9-17(10-8-12)20(18,19)14-6-5-13(2)15(11-14)16(3)4/h5-6,11-12H,7-10H2,1-4H3. The van der Waals surface area contributed by atoms with E-state index in [1.54, 1.807) is 16.4 Å². The smallest absolute Gasteiger partial charge is 0.243 e. The summed E-state index contributed by atoms with van der Waals surface area (Å²) in [6.07, 6.45) is 1.90. The van der Waals surface area contributed by atoms with E-state index in [1.807, 2.05) is 32.0 Å². The number of hydrogen-bond donors (Lipinski definition) is 0. The van der Waals surface area contributed by atoms with E-state index in [1.165, 1.54) is 0 Å². The number of piperidine rings is 1. The van der Waals surface area contributed by atoms with Crippen LogP contribution in [0.25, 0.3) is 0 Å². The van der Waals surface area contributed by atoms with Gasteiger partial charge in [-0.3, -0.25) is 0 Å². The molecule has 0 amide bonds. The van der Waals surface area contributed by atoms with Gasteiger partial charge in [-0.15, -0.1) is 0 Å². The summed E-state index contributed by atoms with van der Waals surface area (Å²) in [4.78, 5) is 2.36. The maximum Gasteiger partial charge on any atom is 0.243 e. The normalized spacial score (nSPS) is 18.2. The largest absolute Gasteiger partial charge is 0.377 e. The summed E-state index contributed by atoms with van der Waals surface area (Å²) >= 11 is 0. The van der Waals surface area contributed by atoms with Crippen molar-refractivity contribution in [3.63, 3.8) is 0 Å². The second-order valence-corrected chi connectivity index (χ2v) is 7.87. The predicted molar refractivity (Wildman–Crippen MR) is 82.7 cm³/mol. The average molecular weight is 296 g/mol. The number of aryl methyl sites for hydroxylation is 1. The monoisotopic (exact) mass is 296 g/mol. The van der Waals surface area contributed by atoms with Gasteiger partial charge in [0.05, 0.1) is 4.90 Å². The van der Waals surface area contributed by atoms with Crippen molar-refractivity contribution < 1.29 is 8.42 Å². The Labute approximate surface area is 122 Å². The zero-order chi connectivity index (χ0) is 14.9. The number of anilines is 1. The highest BCUT2D eigenvalue weighted by Crippen LogP contribution is 2.27. The Hall–Kier alpha value is -1.07. The molecule has 1 aromatic carbocycles. The Morgan fingerprint density at radius 2 is 1.80 bits per heavy atom. The number of hydrogen-bond acceptors (Lipinski definition) is 3. The molecule has 1 aromatic rings. The Bertz CT molecular complexity index is 574. The first-order valence-electron chi connectivity index (χ1n) is 7.10. The van der Waals surface area contributed by atoms with Gasteiger partial charge in [0.2, 0.25) is 10.0 Å². The summed E-state index contributed by atoms with van der Waals surface area (Å²) in [6.45, 7) is 5.44. The van der Waals surface area contributed by atoms with Gasteiger partial charge in [0.25, 0.3) is 0 Å². The first-order valence-corrected chi connectivity index (χ1v) is 8.54. The molecule has 0 N–H and O–H groups in total. The van der Waals surface area contributed by atoms with E-state index < -0.39 is 10.0 Å². The lowest BCUT2D eigenvalue weighted by Crippen LogP contribution is -2.37. The molecule has 0 atom stereocenters. The molecular formula is C15H24N2O2S. The molecule has 1 heterocycles. The van der Waals surface area contributed by atoms with Crippen molar-refractivity contribution in [3.8, 4) is 0 Å². The molecule has 1 fully saturated rings. The summed E-state index contributed by atoms with van der Waals surface area (Å²) in [5.41, 5.74) is 2.04.